The van der Waals surface area contributed by atoms with E-state index < -0.39 is 0 Å². The molecule has 4 heteroatoms. The highest BCUT2D eigenvalue weighted by Crippen LogP contribution is 2.20. The van der Waals surface area contributed by atoms with Gasteiger partial charge in [-0.25, -0.2) is 0 Å². The third-order valence-corrected chi connectivity index (χ3v) is 2.86. The number of rotatable bonds is 7. The monoisotopic (exact) mass is 250 g/mol. The van der Waals surface area contributed by atoms with Gasteiger partial charge >= 0.3 is 0 Å². The summed E-state index contributed by atoms with van der Waals surface area (Å²) >= 11 is 0. The van der Waals surface area contributed by atoms with Crippen molar-refractivity contribution in [1.82, 2.24) is 10.3 Å². The van der Waals surface area contributed by atoms with Crippen molar-refractivity contribution in [3.8, 4) is 0 Å². The Morgan fingerprint density at radius 3 is 2.89 bits per heavy atom. The molecular weight excluding hydrogens is 228 g/mol. The maximum Gasteiger partial charge on any atom is 0.224 e. The molecule has 0 aliphatic heterocycles. The minimum atomic E-state index is 0.0140. The minimum Gasteiger partial charge on any atom is -0.396 e. The van der Waals surface area contributed by atoms with Crippen molar-refractivity contribution < 1.29 is 9.90 Å². The molecule has 0 atom stereocenters. The minimum absolute atomic E-state index is 0.0140. The quantitative estimate of drug-likeness (QED) is 0.771. The van der Waals surface area contributed by atoms with Crippen LogP contribution < -0.4 is 5.32 Å². The molecule has 1 aromatic rings. The molecule has 1 amide bonds. The molecule has 0 aromatic carbocycles. The van der Waals surface area contributed by atoms with E-state index in [-0.39, 0.29) is 17.9 Å². The second kappa shape index (κ2) is 7.11. The van der Waals surface area contributed by atoms with Gasteiger partial charge in [-0.05, 0) is 29.9 Å². The molecule has 100 valence electrons. The van der Waals surface area contributed by atoms with Gasteiger partial charge < -0.3 is 10.4 Å². The molecule has 0 bridgehead atoms. The highest BCUT2D eigenvalue weighted by atomic mass is 16.2. The first-order valence-corrected chi connectivity index (χ1v) is 6.30. The summed E-state index contributed by atoms with van der Waals surface area (Å²) in [6.07, 6.45) is 5.43. The van der Waals surface area contributed by atoms with E-state index in [4.69, 9.17) is 5.11 Å². The number of hydrogen-bond donors (Lipinski definition) is 2. The van der Waals surface area contributed by atoms with Crippen LogP contribution in [0.1, 0.15) is 32.3 Å². The molecule has 0 aliphatic rings. The summed E-state index contributed by atoms with van der Waals surface area (Å²) in [6, 6.07) is 3.72. The Bertz CT molecular complexity index is 363. The molecule has 0 fully saturated rings. The van der Waals surface area contributed by atoms with E-state index in [1.54, 1.807) is 12.4 Å². The molecule has 1 rings (SSSR count). The molecule has 0 spiro atoms. The molecule has 1 heterocycles. The normalized spacial score (nSPS) is 11.3. The van der Waals surface area contributed by atoms with Gasteiger partial charge in [0.1, 0.15) is 0 Å². The van der Waals surface area contributed by atoms with Gasteiger partial charge in [-0.1, -0.05) is 19.9 Å². The lowest BCUT2D eigenvalue weighted by Crippen LogP contribution is -2.35. The molecule has 2 N–H and O–H groups in total. The fraction of sp³-hybridized carbons (Fsp3) is 0.571. The van der Waals surface area contributed by atoms with E-state index in [2.05, 4.69) is 24.1 Å². The number of hydrogen-bond acceptors (Lipinski definition) is 3. The number of nitrogens with one attached hydrogen (secondary N) is 1. The summed E-state index contributed by atoms with van der Waals surface area (Å²) < 4.78 is 0. The topological polar surface area (TPSA) is 62.2 Å². The fourth-order valence-electron chi connectivity index (χ4n) is 1.73. The number of carbonyl (C=O) groups excluding carboxylic acids is 1. The molecule has 0 aliphatic carbocycles. The molecule has 0 unspecified atom stereocenters. The SMILES string of the molecule is CC(C)(CCCO)CNC(=O)Cc1cccnc1. The van der Waals surface area contributed by atoms with Crippen molar-refractivity contribution in [3.63, 3.8) is 0 Å². The maximum absolute atomic E-state index is 11.7. The first-order chi connectivity index (χ1) is 8.53. The number of aromatic nitrogens is 1. The predicted octanol–water partition coefficient (Wildman–Crippen LogP) is 1.54. The Labute approximate surface area is 108 Å². The van der Waals surface area contributed by atoms with Crippen molar-refractivity contribution in [2.75, 3.05) is 13.2 Å². The number of aliphatic hydroxyl groups excluding tert-OH is 1. The molecule has 1 aromatic heterocycles. The Balaban J connectivity index is 2.33. The summed E-state index contributed by atoms with van der Waals surface area (Å²) in [6.45, 7) is 5.01. The van der Waals surface area contributed by atoms with Crippen LogP contribution in [-0.2, 0) is 11.2 Å². The average Bonchev–Trinajstić information content (AvgIpc) is 2.36. The lowest BCUT2D eigenvalue weighted by Gasteiger charge is -2.24. The molecular formula is C14H22N2O2. The lowest BCUT2D eigenvalue weighted by atomic mass is 9.88. The van der Waals surface area contributed by atoms with Gasteiger partial charge in [0.15, 0.2) is 0 Å². The van der Waals surface area contributed by atoms with Gasteiger partial charge in [0.2, 0.25) is 5.91 Å². The van der Waals surface area contributed by atoms with E-state index in [9.17, 15) is 4.79 Å². The zero-order valence-electron chi connectivity index (χ0n) is 11.1. The molecule has 4 nitrogen and oxygen atoms in total. The maximum atomic E-state index is 11.7. The summed E-state index contributed by atoms with van der Waals surface area (Å²) in [5.74, 6) is 0.0140. The average molecular weight is 250 g/mol. The van der Waals surface area contributed by atoms with Gasteiger partial charge in [-0.15, -0.1) is 0 Å². The van der Waals surface area contributed by atoms with E-state index in [1.165, 1.54) is 0 Å². The predicted molar refractivity (Wildman–Crippen MR) is 71.1 cm³/mol. The van der Waals surface area contributed by atoms with Crippen LogP contribution in [0.3, 0.4) is 0 Å². The highest BCUT2D eigenvalue weighted by molar-refractivity contribution is 5.78. The third-order valence-electron chi connectivity index (χ3n) is 2.86. The second-order valence-corrected chi connectivity index (χ2v) is 5.31. The Morgan fingerprint density at radius 1 is 1.50 bits per heavy atom. The van der Waals surface area contributed by atoms with Crippen molar-refractivity contribution in [3.05, 3.63) is 30.1 Å². The van der Waals surface area contributed by atoms with Crippen LogP contribution in [0.4, 0.5) is 0 Å². The molecule has 0 radical (unpaired) electrons. The summed E-state index contributed by atoms with van der Waals surface area (Å²) in [5.41, 5.74) is 0.941. The number of pyridine rings is 1. The van der Waals surface area contributed by atoms with Gasteiger partial charge in [-0.3, -0.25) is 9.78 Å². The zero-order valence-corrected chi connectivity index (χ0v) is 11.1. The smallest absolute Gasteiger partial charge is 0.224 e. The fourth-order valence-corrected chi connectivity index (χ4v) is 1.73. The molecule has 18 heavy (non-hydrogen) atoms. The number of carbonyl (C=O) groups is 1. The second-order valence-electron chi connectivity index (χ2n) is 5.31. The first-order valence-electron chi connectivity index (χ1n) is 6.30. The van der Waals surface area contributed by atoms with E-state index in [0.717, 1.165) is 18.4 Å². The van der Waals surface area contributed by atoms with E-state index in [0.29, 0.717) is 13.0 Å². The number of aliphatic hydroxyl groups is 1. The summed E-state index contributed by atoms with van der Waals surface area (Å²) in [4.78, 5) is 15.7. The van der Waals surface area contributed by atoms with Gasteiger partial charge in [-0.2, -0.15) is 0 Å². The standard InChI is InChI=1S/C14H22N2O2/c1-14(2,6-4-8-17)11-16-13(18)9-12-5-3-7-15-10-12/h3,5,7,10,17H,4,6,8-9,11H2,1-2H3,(H,16,18). The van der Waals surface area contributed by atoms with Gasteiger partial charge in [0.25, 0.3) is 0 Å². The third kappa shape index (κ3) is 5.77. The Kier molecular flexibility index (Phi) is 5.78. The van der Waals surface area contributed by atoms with Crippen LogP contribution in [0.5, 0.6) is 0 Å². The summed E-state index contributed by atoms with van der Waals surface area (Å²) in [5, 5.41) is 11.7. The van der Waals surface area contributed by atoms with Crippen molar-refractivity contribution in [2.24, 2.45) is 5.41 Å². The van der Waals surface area contributed by atoms with Gasteiger partial charge in [0.05, 0.1) is 6.42 Å². The van der Waals surface area contributed by atoms with Crippen LogP contribution in [0.15, 0.2) is 24.5 Å². The Hall–Kier alpha value is -1.42. The van der Waals surface area contributed by atoms with Gasteiger partial charge in [0, 0.05) is 25.5 Å². The lowest BCUT2D eigenvalue weighted by molar-refractivity contribution is -0.120. The van der Waals surface area contributed by atoms with Crippen molar-refractivity contribution in [2.45, 2.75) is 33.1 Å². The van der Waals surface area contributed by atoms with Crippen molar-refractivity contribution in [1.29, 1.82) is 0 Å². The van der Waals surface area contributed by atoms with Crippen LogP contribution in [0.25, 0.3) is 0 Å². The zero-order chi connectivity index (χ0) is 13.4. The largest absolute Gasteiger partial charge is 0.396 e. The van der Waals surface area contributed by atoms with Crippen molar-refractivity contribution >= 4 is 5.91 Å². The highest BCUT2D eigenvalue weighted by Gasteiger charge is 2.18. The Morgan fingerprint density at radius 2 is 2.28 bits per heavy atom. The first kappa shape index (κ1) is 14.6. The van der Waals surface area contributed by atoms with E-state index in [1.807, 2.05) is 12.1 Å². The molecule has 0 saturated carbocycles. The van der Waals surface area contributed by atoms with Crippen LogP contribution in [0, 0.1) is 5.41 Å². The van der Waals surface area contributed by atoms with Crippen LogP contribution in [0.2, 0.25) is 0 Å². The number of amides is 1. The molecule has 0 saturated heterocycles. The van der Waals surface area contributed by atoms with E-state index >= 15 is 0 Å². The number of nitrogens with zero attached hydrogens (tertiary/aromatic N) is 1. The van der Waals surface area contributed by atoms with Crippen LogP contribution in [-0.4, -0.2) is 29.1 Å². The summed E-state index contributed by atoms with van der Waals surface area (Å²) in [7, 11) is 0. The van der Waals surface area contributed by atoms with Crippen LogP contribution >= 0.6 is 0 Å².